The number of nitrogens with zero attached hydrogens (tertiary/aromatic N) is 1. The molecule has 0 saturated carbocycles. The smallest absolute Gasteiger partial charge is 0.141 e. The van der Waals surface area contributed by atoms with Gasteiger partial charge in [-0.05, 0) is 12.1 Å². The molecular formula is C8H11Cl2FN2. The van der Waals surface area contributed by atoms with Crippen molar-refractivity contribution >= 4 is 24.8 Å². The molecule has 1 fully saturated rings. The SMILES string of the molecule is Cl.Cl.Fc1ccc(C2CNC2)nc1. The standard InChI is InChI=1S/C8H9FN2.2ClH/c9-7-1-2-8(11-5-7)6-3-10-4-6;;/h1-2,5-6,10H,3-4H2;2*1H. The lowest BCUT2D eigenvalue weighted by Gasteiger charge is -2.26. The van der Waals surface area contributed by atoms with Gasteiger partial charge in [0.15, 0.2) is 0 Å². The molecule has 2 nitrogen and oxygen atoms in total. The molecular weight excluding hydrogens is 214 g/mol. The molecule has 1 N–H and O–H groups in total. The van der Waals surface area contributed by atoms with E-state index in [1.165, 1.54) is 12.3 Å². The van der Waals surface area contributed by atoms with Crippen LogP contribution in [0.5, 0.6) is 0 Å². The highest BCUT2D eigenvalue weighted by molar-refractivity contribution is 5.85. The summed E-state index contributed by atoms with van der Waals surface area (Å²) in [5.41, 5.74) is 0.991. The topological polar surface area (TPSA) is 24.9 Å². The van der Waals surface area contributed by atoms with Crippen LogP contribution in [0.25, 0.3) is 0 Å². The average molecular weight is 225 g/mol. The molecule has 74 valence electrons. The highest BCUT2D eigenvalue weighted by Crippen LogP contribution is 2.16. The molecule has 1 aliphatic heterocycles. The Morgan fingerprint density at radius 2 is 2.00 bits per heavy atom. The Bertz CT molecular complexity index is 249. The number of pyridine rings is 1. The number of hydrogen-bond donors (Lipinski definition) is 1. The Labute approximate surface area is 88.8 Å². The Balaban J connectivity index is 0.000000720. The van der Waals surface area contributed by atoms with Crippen LogP contribution >= 0.6 is 24.8 Å². The second kappa shape index (κ2) is 5.37. The summed E-state index contributed by atoms with van der Waals surface area (Å²) in [6, 6.07) is 3.21. The van der Waals surface area contributed by atoms with E-state index in [9.17, 15) is 4.39 Å². The monoisotopic (exact) mass is 224 g/mol. The molecule has 0 atom stereocenters. The summed E-state index contributed by atoms with van der Waals surface area (Å²) in [4.78, 5) is 3.99. The highest BCUT2D eigenvalue weighted by Gasteiger charge is 2.19. The van der Waals surface area contributed by atoms with Crippen molar-refractivity contribution in [2.24, 2.45) is 0 Å². The maximum atomic E-state index is 12.4. The van der Waals surface area contributed by atoms with Crippen LogP contribution in [0.1, 0.15) is 11.6 Å². The first-order valence-corrected chi connectivity index (χ1v) is 3.68. The summed E-state index contributed by atoms with van der Waals surface area (Å²) in [6.45, 7) is 1.94. The third-order valence-electron chi connectivity index (χ3n) is 1.95. The van der Waals surface area contributed by atoms with Crippen LogP contribution in [0.3, 0.4) is 0 Å². The zero-order chi connectivity index (χ0) is 7.68. The van der Waals surface area contributed by atoms with Crippen molar-refractivity contribution in [2.75, 3.05) is 13.1 Å². The molecule has 2 heterocycles. The van der Waals surface area contributed by atoms with E-state index >= 15 is 0 Å². The molecule has 0 radical (unpaired) electrons. The Morgan fingerprint density at radius 1 is 1.31 bits per heavy atom. The quantitative estimate of drug-likeness (QED) is 0.787. The fourth-order valence-corrected chi connectivity index (χ4v) is 1.13. The molecule has 5 heteroatoms. The van der Waals surface area contributed by atoms with Crippen molar-refractivity contribution < 1.29 is 4.39 Å². The van der Waals surface area contributed by atoms with Crippen molar-refractivity contribution in [1.82, 2.24) is 10.3 Å². The summed E-state index contributed by atoms with van der Waals surface area (Å²) < 4.78 is 12.4. The van der Waals surface area contributed by atoms with E-state index in [0.29, 0.717) is 5.92 Å². The first-order valence-electron chi connectivity index (χ1n) is 3.68. The molecule has 2 rings (SSSR count). The van der Waals surface area contributed by atoms with Gasteiger partial charge in [0, 0.05) is 24.7 Å². The van der Waals surface area contributed by atoms with Gasteiger partial charge in [-0.25, -0.2) is 4.39 Å². The lowest BCUT2D eigenvalue weighted by molar-refractivity contribution is 0.438. The predicted octanol–water partition coefficient (Wildman–Crippen LogP) is 1.75. The Morgan fingerprint density at radius 3 is 2.38 bits per heavy atom. The molecule has 1 aliphatic rings. The van der Waals surface area contributed by atoms with E-state index in [0.717, 1.165) is 18.8 Å². The van der Waals surface area contributed by atoms with Crippen LogP contribution in [0.4, 0.5) is 4.39 Å². The van der Waals surface area contributed by atoms with E-state index in [2.05, 4.69) is 10.3 Å². The molecule has 0 amide bonds. The van der Waals surface area contributed by atoms with E-state index in [-0.39, 0.29) is 30.6 Å². The number of aromatic nitrogens is 1. The van der Waals surface area contributed by atoms with Crippen molar-refractivity contribution in [3.05, 3.63) is 29.8 Å². The average Bonchev–Trinajstić information content (AvgIpc) is 1.90. The molecule has 1 aromatic heterocycles. The van der Waals surface area contributed by atoms with Gasteiger partial charge in [-0.2, -0.15) is 0 Å². The summed E-state index contributed by atoms with van der Waals surface area (Å²) >= 11 is 0. The van der Waals surface area contributed by atoms with Crippen molar-refractivity contribution in [3.63, 3.8) is 0 Å². The van der Waals surface area contributed by atoms with Gasteiger partial charge in [-0.1, -0.05) is 0 Å². The molecule has 13 heavy (non-hydrogen) atoms. The highest BCUT2D eigenvalue weighted by atomic mass is 35.5. The lowest BCUT2D eigenvalue weighted by Crippen LogP contribution is -2.40. The van der Waals surface area contributed by atoms with Gasteiger partial charge in [-0.3, -0.25) is 4.98 Å². The van der Waals surface area contributed by atoms with E-state index in [4.69, 9.17) is 0 Å². The molecule has 0 bridgehead atoms. The maximum Gasteiger partial charge on any atom is 0.141 e. The van der Waals surface area contributed by atoms with Gasteiger partial charge in [-0.15, -0.1) is 24.8 Å². The number of hydrogen-bond acceptors (Lipinski definition) is 2. The van der Waals surface area contributed by atoms with E-state index < -0.39 is 0 Å². The number of rotatable bonds is 1. The summed E-state index contributed by atoms with van der Waals surface area (Å²) in [5, 5.41) is 3.14. The fraction of sp³-hybridized carbons (Fsp3) is 0.375. The van der Waals surface area contributed by atoms with Gasteiger partial charge in [0.2, 0.25) is 0 Å². The second-order valence-corrected chi connectivity index (χ2v) is 2.76. The minimum absolute atomic E-state index is 0. The van der Waals surface area contributed by atoms with Crippen molar-refractivity contribution in [3.8, 4) is 0 Å². The Kier molecular flexibility index (Phi) is 5.21. The minimum atomic E-state index is -0.263. The van der Waals surface area contributed by atoms with Crippen LogP contribution in [0, 0.1) is 5.82 Å². The number of nitrogens with one attached hydrogen (secondary N) is 1. The zero-order valence-electron chi connectivity index (χ0n) is 6.87. The summed E-state index contributed by atoms with van der Waals surface area (Å²) in [6.07, 6.45) is 1.27. The normalized spacial score (nSPS) is 15.2. The fourth-order valence-electron chi connectivity index (χ4n) is 1.13. The Hall–Kier alpha value is -0.380. The third kappa shape index (κ3) is 2.79. The van der Waals surface area contributed by atoms with Gasteiger partial charge >= 0.3 is 0 Å². The largest absolute Gasteiger partial charge is 0.315 e. The van der Waals surface area contributed by atoms with Gasteiger partial charge < -0.3 is 5.32 Å². The first kappa shape index (κ1) is 12.6. The van der Waals surface area contributed by atoms with Crippen LogP contribution in [-0.4, -0.2) is 18.1 Å². The number of halogens is 3. The van der Waals surface area contributed by atoms with Crippen LogP contribution in [0.2, 0.25) is 0 Å². The maximum absolute atomic E-state index is 12.4. The van der Waals surface area contributed by atoms with Gasteiger partial charge in [0.05, 0.1) is 6.20 Å². The van der Waals surface area contributed by atoms with Gasteiger partial charge in [0.25, 0.3) is 0 Å². The lowest BCUT2D eigenvalue weighted by atomic mass is 9.99. The molecule has 0 unspecified atom stereocenters. The van der Waals surface area contributed by atoms with Gasteiger partial charge in [0.1, 0.15) is 5.82 Å². The predicted molar refractivity (Wildman–Crippen MR) is 54.3 cm³/mol. The van der Waals surface area contributed by atoms with Crippen LogP contribution in [-0.2, 0) is 0 Å². The van der Waals surface area contributed by atoms with E-state index in [1.807, 2.05) is 0 Å². The molecule has 0 aliphatic carbocycles. The minimum Gasteiger partial charge on any atom is -0.315 e. The summed E-state index contributed by atoms with van der Waals surface area (Å²) in [7, 11) is 0. The summed E-state index contributed by atoms with van der Waals surface area (Å²) in [5.74, 6) is 0.233. The first-order chi connectivity index (χ1) is 5.36. The second-order valence-electron chi connectivity index (χ2n) is 2.76. The van der Waals surface area contributed by atoms with E-state index in [1.54, 1.807) is 6.07 Å². The van der Waals surface area contributed by atoms with Crippen molar-refractivity contribution in [1.29, 1.82) is 0 Å². The molecule has 0 aromatic carbocycles. The van der Waals surface area contributed by atoms with Crippen molar-refractivity contribution in [2.45, 2.75) is 5.92 Å². The molecule has 1 saturated heterocycles. The molecule has 1 aromatic rings. The van der Waals surface area contributed by atoms with Crippen LogP contribution in [0.15, 0.2) is 18.3 Å². The third-order valence-corrected chi connectivity index (χ3v) is 1.95. The molecule has 0 spiro atoms. The zero-order valence-corrected chi connectivity index (χ0v) is 8.50. The van der Waals surface area contributed by atoms with Crippen LogP contribution < -0.4 is 5.32 Å².